The fourth-order valence-corrected chi connectivity index (χ4v) is 6.64. The summed E-state index contributed by atoms with van der Waals surface area (Å²) in [7, 11) is 0. The van der Waals surface area contributed by atoms with Gasteiger partial charge in [0, 0.05) is 35.8 Å². The van der Waals surface area contributed by atoms with Gasteiger partial charge in [-0.3, -0.25) is 4.98 Å². The molecular formula is C44H27N3OPt. The van der Waals surface area contributed by atoms with Crippen LogP contribution in [-0.4, -0.2) is 14.5 Å². The normalized spacial score (nSPS) is 11.1. The summed E-state index contributed by atoms with van der Waals surface area (Å²) in [5, 5.41) is 0. The zero-order valence-electron chi connectivity index (χ0n) is 26.2. The fourth-order valence-electron chi connectivity index (χ4n) is 6.64. The third-order valence-corrected chi connectivity index (χ3v) is 8.80. The number of pyridine rings is 1. The molecule has 0 fully saturated rings. The quantitative estimate of drug-likeness (QED) is 0.163. The van der Waals surface area contributed by atoms with Crippen LogP contribution in [0.5, 0.6) is 11.5 Å². The summed E-state index contributed by atoms with van der Waals surface area (Å²) in [4.78, 5) is 9.23. The number of aromatic nitrogens is 3. The third kappa shape index (κ3) is 5.61. The third-order valence-electron chi connectivity index (χ3n) is 8.80. The summed E-state index contributed by atoms with van der Waals surface area (Å²) in [5.41, 5.74) is 13.3. The van der Waals surface area contributed by atoms with E-state index >= 15 is 0 Å². The Morgan fingerprint density at radius 3 is 1.57 bits per heavy atom. The first-order valence-corrected chi connectivity index (χ1v) is 15.9. The van der Waals surface area contributed by atoms with Crippen molar-refractivity contribution in [1.29, 1.82) is 0 Å². The van der Waals surface area contributed by atoms with E-state index in [-0.39, 0.29) is 21.1 Å². The van der Waals surface area contributed by atoms with Gasteiger partial charge in [-0.25, -0.2) is 0 Å². The molecule has 5 heteroatoms. The minimum Gasteiger partial charge on any atom is -0.497 e. The average molecular weight is 809 g/mol. The molecule has 0 saturated heterocycles. The van der Waals surface area contributed by atoms with E-state index in [9.17, 15) is 0 Å². The standard InChI is InChI=1S/C44H27N3O.Pt/c1-2-16-36-35(15-1)37-17-3-4-19-39(37)41-23-22-32(29-42(41)40-20-6-5-18-38(36)40)47-26-25-46-44(47)31-12-10-14-34(28-31)48-33-13-9-11-30(27-33)43-21-7-8-24-45-43;/h1-26,29H;/q-2;+2. The molecule has 0 aliphatic heterocycles. The predicted octanol–water partition coefficient (Wildman–Crippen LogP) is 11.0. The minimum atomic E-state index is 0. The van der Waals surface area contributed by atoms with Crippen LogP contribution in [0.25, 0.3) is 72.8 Å². The van der Waals surface area contributed by atoms with Gasteiger partial charge in [0.2, 0.25) is 0 Å². The van der Waals surface area contributed by atoms with Crippen LogP contribution in [-0.2, 0) is 21.1 Å². The molecule has 6 aromatic carbocycles. The van der Waals surface area contributed by atoms with Crippen molar-refractivity contribution < 1.29 is 25.8 Å². The van der Waals surface area contributed by atoms with Crippen molar-refractivity contribution >= 4 is 0 Å². The van der Waals surface area contributed by atoms with Gasteiger partial charge in [0.25, 0.3) is 0 Å². The molecule has 0 bridgehead atoms. The number of imidazole rings is 1. The van der Waals surface area contributed by atoms with Crippen molar-refractivity contribution in [1.82, 2.24) is 14.5 Å². The Kier molecular flexibility index (Phi) is 8.09. The number of benzene rings is 6. The monoisotopic (exact) mass is 808 g/mol. The first kappa shape index (κ1) is 30.5. The zero-order chi connectivity index (χ0) is 31.9. The van der Waals surface area contributed by atoms with Crippen molar-refractivity contribution in [3.05, 3.63) is 176 Å². The second-order valence-corrected chi connectivity index (χ2v) is 11.7. The number of nitrogens with zero attached hydrogens (tertiary/aromatic N) is 3. The number of rotatable bonds is 5. The van der Waals surface area contributed by atoms with Gasteiger partial charge >= 0.3 is 21.1 Å². The molecule has 2 heterocycles. The fraction of sp³-hybridized carbons (Fsp3) is 0. The molecule has 0 amide bonds. The van der Waals surface area contributed by atoms with Crippen LogP contribution in [0.3, 0.4) is 0 Å². The van der Waals surface area contributed by atoms with Gasteiger partial charge in [-0.2, -0.15) is 0 Å². The van der Waals surface area contributed by atoms with E-state index in [0.717, 1.165) is 28.3 Å². The molecule has 8 aromatic rings. The second kappa shape index (κ2) is 13.0. The van der Waals surface area contributed by atoms with Gasteiger partial charge in [0.15, 0.2) is 0 Å². The number of ether oxygens (including phenoxy) is 1. The summed E-state index contributed by atoms with van der Waals surface area (Å²) in [6.07, 6.45) is 5.61. The average Bonchev–Trinajstić information content (AvgIpc) is 3.65. The van der Waals surface area contributed by atoms with Gasteiger partial charge in [0.1, 0.15) is 0 Å². The van der Waals surface area contributed by atoms with Crippen LogP contribution < -0.4 is 4.74 Å². The molecule has 49 heavy (non-hydrogen) atoms. The summed E-state index contributed by atoms with van der Waals surface area (Å²) in [6.45, 7) is 0. The summed E-state index contributed by atoms with van der Waals surface area (Å²) < 4.78 is 8.37. The van der Waals surface area contributed by atoms with Crippen molar-refractivity contribution in [3.8, 4) is 84.3 Å². The smallest absolute Gasteiger partial charge is 0.497 e. The van der Waals surface area contributed by atoms with Crippen molar-refractivity contribution in [2.45, 2.75) is 0 Å². The van der Waals surface area contributed by atoms with E-state index in [4.69, 9.17) is 9.72 Å². The van der Waals surface area contributed by atoms with Crippen molar-refractivity contribution in [2.75, 3.05) is 0 Å². The summed E-state index contributed by atoms with van der Waals surface area (Å²) >= 11 is 0. The molecule has 0 radical (unpaired) electrons. The van der Waals surface area contributed by atoms with Gasteiger partial charge in [-0.05, 0) is 68.4 Å². The molecule has 0 N–H and O–H groups in total. The molecule has 1 aliphatic carbocycles. The molecule has 2 aromatic heterocycles. The first-order chi connectivity index (χ1) is 23.8. The Labute approximate surface area is 299 Å². The largest absolute Gasteiger partial charge is 2.00 e. The van der Waals surface area contributed by atoms with Crippen molar-refractivity contribution in [3.63, 3.8) is 0 Å². The first-order valence-electron chi connectivity index (χ1n) is 15.9. The molecule has 0 saturated carbocycles. The van der Waals surface area contributed by atoms with Crippen LogP contribution in [0, 0.1) is 12.1 Å². The molecule has 4 nitrogen and oxygen atoms in total. The zero-order valence-corrected chi connectivity index (χ0v) is 28.4. The molecule has 1 aliphatic rings. The number of hydrogen-bond donors (Lipinski definition) is 0. The second-order valence-electron chi connectivity index (χ2n) is 11.7. The molecule has 9 rings (SSSR count). The predicted molar refractivity (Wildman–Crippen MR) is 192 cm³/mol. The molecule has 0 unspecified atom stereocenters. The van der Waals surface area contributed by atoms with Gasteiger partial charge < -0.3 is 14.3 Å². The Bertz CT molecular complexity index is 2440. The van der Waals surface area contributed by atoms with E-state index in [1.165, 1.54) is 44.5 Å². The van der Waals surface area contributed by atoms with Crippen LogP contribution in [0.2, 0.25) is 0 Å². The Balaban J connectivity index is 0.00000348. The van der Waals surface area contributed by atoms with Crippen LogP contribution in [0.4, 0.5) is 0 Å². The SMILES string of the molecule is [Pt+2].[c-]1c(Oc2[c-]c(-c3nccn3-c3ccc4c(c3)-c3ccccc3-c3ccccc3-c3ccccc3-4)ccc2)cccc1-c1ccccn1. The maximum Gasteiger partial charge on any atom is 2.00 e. The maximum atomic E-state index is 6.25. The van der Waals surface area contributed by atoms with Crippen LogP contribution in [0.1, 0.15) is 0 Å². The molecule has 0 atom stereocenters. The number of fused-ring (bicyclic) bond motifs is 8. The van der Waals surface area contributed by atoms with E-state index < -0.39 is 0 Å². The molecule has 0 spiro atoms. The number of hydrogen-bond acceptors (Lipinski definition) is 3. The topological polar surface area (TPSA) is 39.9 Å². The van der Waals surface area contributed by atoms with Gasteiger partial charge in [-0.15, -0.1) is 47.5 Å². The van der Waals surface area contributed by atoms with E-state index in [1.807, 2.05) is 67.0 Å². The van der Waals surface area contributed by atoms with Gasteiger partial charge in [-0.1, -0.05) is 103 Å². The Morgan fingerprint density at radius 1 is 0.449 bits per heavy atom. The van der Waals surface area contributed by atoms with Crippen LogP contribution >= 0.6 is 0 Å². The van der Waals surface area contributed by atoms with E-state index in [0.29, 0.717) is 11.5 Å². The van der Waals surface area contributed by atoms with E-state index in [1.54, 1.807) is 6.20 Å². The maximum absolute atomic E-state index is 6.25. The molecule has 234 valence electrons. The van der Waals surface area contributed by atoms with Crippen LogP contribution in [0.15, 0.2) is 164 Å². The van der Waals surface area contributed by atoms with Gasteiger partial charge in [0.05, 0.1) is 5.82 Å². The minimum absolute atomic E-state index is 0. The molecular weight excluding hydrogens is 782 g/mol. The van der Waals surface area contributed by atoms with Crippen molar-refractivity contribution in [2.24, 2.45) is 0 Å². The van der Waals surface area contributed by atoms with E-state index in [2.05, 4.69) is 113 Å². The Morgan fingerprint density at radius 2 is 0.980 bits per heavy atom. The Hall–Kier alpha value is -5.83. The summed E-state index contributed by atoms with van der Waals surface area (Å²) in [5.74, 6) is 1.95. The summed E-state index contributed by atoms with van der Waals surface area (Å²) in [6, 6.07) is 57.1.